The number of benzene rings is 2. The van der Waals surface area contributed by atoms with Crippen LogP contribution >= 0.6 is 22.9 Å². The highest BCUT2D eigenvalue weighted by molar-refractivity contribution is 7.18. The van der Waals surface area contributed by atoms with Crippen LogP contribution in [0.15, 0.2) is 51.7 Å². The molecule has 6 nitrogen and oxygen atoms in total. The van der Waals surface area contributed by atoms with E-state index in [1.807, 2.05) is 0 Å². The predicted octanol–water partition coefficient (Wildman–Crippen LogP) is 5.74. The van der Waals surface area contributed by atoms with Crippen molar-refractivity contribution in [3.8, 4) is 16.3 Å². The Balaban J connectivity index is 1.68. The molecular formula is C19H11ClF3N3O3S. The highest BCUT2D eigenvalue weighted by atomic mass is 35.5. The van der Waals surface area contributed by atoms with Crippen LogP contribution in [0.1, 0.15) is 5.56 Å². The summed E-state index contributed by atoms with van der Waals surface area (Å²) in [5, 5.41) is 11.6. The minimum absolute atomic E-state index is 0.0180. The molecule has 0 aliphatic carbocycles. The number of fused-ring (bicyclic) bond motifs is 1. The van der Waals surface area contributed by atoms with E-state index in [4.69, 9.17) is 20.8 Å². The number of rotatable bonds is 4. The van der Waals surface area contributed by atoms with Crippen LogP contribution < -0.4 is 15.7 Å². The van der Waals surface area contributed by atoms with E-state index in [0.717, 1.165) is 29.5 Å². The zero-order chi connectivity index (χ0) is 21.5. The van der Waals surface area contributed by atoms with Crippen molar-refractivity contribution in [1.82, 2.24) is 10.2 Å². The number of ether oxygens (including phenoxy) is 1. The summed E-state index contributed by atoms with van der Waals surface area (Å²) in [7, 11) is 1.52. The Bertz CT molecular complexity index is 1300. The lowest BCUT2D eigenvalue weighted by atomic mass is 10.2. The van der Waals surface area contributed by atoms with Crippen LogP contribution in [0.25, 0.3) is 21.5 Å². The van der Waals surface area contributed by atoms with E-state index in [2.05, 4.69) is 15.5 Å². The van der Waals surface area contributed by atoms with Crippen LogP contribution in [0.3, 0.4) is 0 Å². The second-order valence-corrected chi connectivity index (χ2v) is 7.47. The van der Waals surface area contributed by atoms with Crippen molar-refractivity contribution >= 4 is 44.7 Å². The van der Waals surface area contributed by atoms with Gasteiger partial charge < -0.3 is 14.5 Å². The fraction of sp³-hybridized carbons (Fsp3) is 0.105. The molecule has 0 spiro atoms. The maximum atomic E-state index is 12.9. The van der Waals surface area contributed by atoms with E-state index in [1.54, 1.807) is 24.3 Å². The standard InChI is InChI=1S/C19H11ClF3N3O3S/c1-28-11-3-5-15-9(6-11)7-12(17(27)29-15)16-25-26-18(30-16)24-14-8-10(19(21,22)23)2-4-13(14)20/h2-8H,1H3,(H,24,26). The Morgan fingerprint density at radius 2 is 1.93 bits per heavy atom. The van der Waals surface area contributed by atoms with Gasteiger partial charge >= 0.3 is 11.8 Å². The van der Waals surface area contributed by atoms with E-state index in [0.29, 0.717) is 16.7 Å². The highest BCUT2D eigenvalue weighted by Crippen LogP contribution is 2.36. The Kier molecular flexibility index (Phi) is 5.12. The van der Waals surface area contributed by atoms with Gasteiger partial charge in [-0.3, -0.25) is 0 Å². The fourth-order valence-corrected chi connectivity index (χ4v) is 3.60. The molecule has 2 aromatic carbocycles. The first-order valence-corrected chi connectivity index (χ1v) is 9.53. The summed E-state index contributed by atoms with van der Waals surface area (Å²) in [6.45, 7) is 0. The second kappa shape index (κ2) is 7.62. The summed E-state index contributed by atoms with van der Waals surface area (Å²) >= 11 is 6.96. The van der Waals surface area contributed by atoms with Crippen LogP contribution in [0.4, 0.5) is 24.0 Å². The molecule has 0 aliphatic heterocycles. The fourth-order valence-electron chi connectivity index (χ4n) is 2.67. The lowest BCUT2D eigenvalue weighted by Crippen LogP contribution is -2.05. The molecule has 0 fully saturated rings. The average molecular weight is 454 g/mol. The Hall–Kier alpha value is -3.11. The summed E-state index contributed by atoms with van der Waals surface area (Å²) in [5.41, 5.74) is -0.917. The van der Waals surface area contributed by atoms with Crippen molar-refractivity contribution < 1.29 is 22.3 Å². The highest BCUT2D eigenvalue weighted by Gasteiger charge is 2.31. The third-order valence-corrected chi connectivity index (χ3v) is 5.33. The molecule has 0 saturated carbocycles. The number of anilines is 2. The quantitative estimate of drug-likeness (QED) is 0.397. The molecule has 2 heterocycles. The van der Waals surface area contributed by atoms with Gasteiger partial charge in [0.05, 0.1) is 28.9 Å². The molecule has 1 N–H and O–H groups in total. The van der Waals surface area contributed by atoms with Crippen LogP contribution in [0, 0.1) is 0 Å². The third-order valence-electron chi connectivity index (χ3n) is 4.13. The molecule has 0 amide bonds. The number of aromatic nitrogens is 2. The van der Waals surface area contributed by atoms with Crippen molar-refractivity contribution in [2.75, 3.05) is 12.4 Å². The summed E-state index contributed by atoms with van der Waals surface area (Å²) in [5.74, 6) is 0.584. The first-order valence-electron chi connectivity index (χ1n) is 8.34. The average Bonchev–Trinajstić information content (AvgIpc) is 3.16. The minimum Gasteiger partial charge on any atom is -0.497 e. The molecule has 2 aromatic heterocycles. The number of methoxy groups -OCH3 is 1. The molecule has 154 valence electrons. The van der Waals surface area contributed by atoms with Gasteiger partial charge in [-0.1, -0.05) is 22.9 Å². The number of nitrogens with one attached hydrogen (secondary N) is 1. The van der Waals surface area contributed by atoms with Crippen molar-refractivity contribution in [3.63, 3.8) is 0 Å². The number of halogens is 4. The first-order chi connectivity index (χ1) is 14.2. The Morgan fingerprint density at radius 1 is 1.13 bits per heavy atom. The largest absolute Gasteiger partial charge is 0.497 e. The Labute approximate surface area is 175 Å². The maximum absolute atomic E-state index is 12.9. The summed E-state index contributed by atoms with van der Waals surface area (Å²) in [6.07, 6.45) is -4.52. The maximum Gasteiger partial charge on any atom is 0.416 e. The van der Waals surface area contributed by atoms with Gasteiger partial charge in [0.2, 0.25) is 5.13 Å². The van der Waals surface area contributed by atoms with Gasteiger partial charge in [0, 0.05) is 5.39 Å². The molecule has 0 atom stereocenters. The lowest BCUT2D eigenvalue weighted by Gasteiger charge is -2.10. The van der Waals surface area contributed by atoms with E-state index >= 15 is 0 Å². The molecule has 0 radical (unpaired) electrons. The number of nitrogens with zero attached hydrogens (tertiary/aromatic N) is 2. The van der Waals surface area contributed by atoms with Gasteiger partial charge in [0.1, 0.15) is 11.3 Å². The third kappa shape index (κ3) is 3.96. The number of hydrogen-bond acceptors (Lipinski definition) is 7. The summed E-state index contributed by atoms with van der Waals surface area (Å²) in [6, 6.07) is 9.46. The van der Waals surface area contributed by atoms with Gasteiger partial charge in [0.25, 0.3) is 0 Å². The van der Waals surface area contributed by atoms with Gasteiger partial charge in [-0.05, 0) is 42.5 Å². The predicted molar refractivity (Wildman–Crippen MR) is 108 cm³/mol. The SMILES string of the molecule is COc1ccc2oc(=O)c(-c3nnc(Nc4cc(C(F)(F)F)ccc4Cl)s3)cc2c1. The smallest absolute Gasteiger partial charge is 0.416 e. The molecule has 0 saturated heterocycles. The number of hydrogen-bond donors (Lipinski definition) is 1. The van der Waals surface area contributed by atoms with Gasteiger partial charge in [-0.25, -0.2) is 4.79 Å². The van der Waals surface area contributed by atoms with Gasteiger partial charge in [0.15, 0.2) is 5.01 Å². The zero-order valence-electron chi connectivity index (χ0n) is 15.1. The van der Waals surface area contributed by atoms with Gasteiger partial charge in [-0.2, -0.15) is 13.2 Å². The van der Waals surface area contributed by atoms with Crippen molar-refractivity contribution in [1.29, 1.82) is 0 Å². The van der Waals surface area contributed by atoms with E-state index in [-0.39, 0.29) is 26.4 Å². The zero-order valence-corrected chi connectivity index (χ0v) is 16.7. The van der Waals surface area contributed by atoms with E-state index in [9.17, 15) is 18.0 Å². The van der Waals surface area contributed by atoms with E-state index in [1.165, 1.54) is 7.11 Å². The van der Waals surface area contributed by atoms with Gasteiger partial charge in [-0.15, -0.1) is 10.2 Å². The first kappa shape index (κ1) is 20.2. The molecule has 0 aliphatic rings. The molecule has 0 unspecified atom stereocenters. The molecule has 0 bridgehead atoms. The molecule has 4 aromatic rings. The molecule has 4 rings (SSSR count). The van der Waals surface area contributed by atoms with Crippen LogP contribution in [-0.2, 0) is 6.18 Å². The van der Waals surface area contributed by atoms with Crippen molar-refractivity contribution in [3.05, 3.63) is 63.5 Å². The van der Waals surface area contributed by atoms with Crippen LogP contribution in [-0.4, -0.2) is 17.3 Å². The summed E-state index contributed by atoms with van der Waals surface area (Å²) < 4.78 is 49.3. The molecule has 11 heteroatoms. The van der Waals surface area contributed by atoms with Crippen molar-refractivity contribution in [2.24, 2.45) is 0 Å². The normalized spacial score (nSPS) is 11.6. The summed E-state index contributed by atoms with van der Waals surface area (Å²) in [4.78, 5) is 12.3. The Morgan fingerprint density at radius 3 is 2.67 bits per heavy atom. The van der Waals surface area contributed by atoms with Crippen molar-refractivity contribution in [2.45, 2.75) is 6.18 Å². The minimum atomic E-state index is -4.52. The van der Waals surface area contributed by atoms with Crippen LogP contribution in [0.2, 0.25) is 5.02 Å². The van der Waals surface area contributed by atoms with E-state index < -0.39 is 17.4 Å². The molecule has 30 heavy (non-hydrogen) atoms. The monoisotopic (exact) mass is 453 g/mol. The topological polar surface area (TPSA) is 77.2 Å². The lowest BCUT2D eigenvalue weighted by molar-refractivity contribution is -0.137. The molecular weight excluding hydrogens is 443 g/mol. The van der Waals surface area contributed by atoms with Crippen LogP contribution in [0.5, 0.6) is 5.75 Å². The number of alkyl halides is 3. The second-order valence-electron chi connectivity index (χ2n) is 6.08.